The zero-order valence-electron chi connectivity index (χ0n) is 9.68. The summed E-state index contributed by atoms with van der Waals surface area (Å²) < 4.78 is 38.5. The number of anilines is 1. The van der Waals surface area contributed by atoms with E-state index in [2.05, 4.69) is 20.9 Å². The standard InChI is InChI=1S/C12H10BrFN2O2S/c13-9-3-4-10(14)8(6-9)7-19(17,18)12-11(15)2-1-5-16-12/h1-6H,7,15H2. The summed E-state index contributed by atoms with van der Waals surface area (Å²) in [5.41, 5.74) is 5.71. The summed E-state index contributed by atoms with van der Waals surface area (Å²) in [5, 5.41) is -0.227. The molecule has 2 aromatic rings. The summed E-state index contributed by atoms with van der Waals surface area (Å²) in [6, 6.07) is 7.11. The van der Waals surface area contributed by atoms with Gasteiger partial charge in [0.1, 0.15) is 5.82 Å². The van der Waals surface area contributed by atoms with E-state index in [1.807, 2.05) is 0 Å². The van der Waals surface area contributed by atoms with Crippen molar-refractivity contribution in [2.75, 3.05) is 5.73 Å². The van der Waals surface area contributed by atoms with Crippen molar-refractivity contribution >= 4 is 31.5 Å². The van der Waals surface area contributed by atoms with Crippen LogP contribution in [0, 0.1) is 5.82 Å². The highest BCUT2D eigenvalue weighted by Crippen LogP contribution is 2.23. The first kappa shape index (κ1) is 14.0. The van der Waals surface area contributed by atoms with Crippen molar-refractivity contribution in [2.45, 2.75) is 10.8 Å². The highest BCUT2D eigenvalue weighted by atomic mass is 79.9. The molecule has 0 saturated heterocycles. The smallest absolute Gasteiger partial charge is 0.201 e. The van der Waals surface area contributed by atoms with Gasteiger partial charge in [-0.25, -0.2) is 17.8 Å². The summed E-state index contributed by atoms with van der Waals surface area (Å²) in [6.07, 6.45) is 1.33. The zero-order chi connectivity index (χ0) is 14.0. The van der Waals surface area contributed by atoms with E-state index >= 15 is 0 Å². The highest BCUT2D eigenvalue weighted by molar-refractivity contribution is 9.10. The molecule has 0 fully saturated rings. The molecule has 1 heterocycles. The largest absolute Gasteiger partial charge is 0.396 e. The number of hydrogen-bond acceptors (Lipinski definition) is 4. The van der Waals surface area contributed by atoms with Crippen LogP contribution in [-0.4, -0.2) is 13.4 Å². The second-order valence-corrected chi connectivity index (χ2v) is 6.71. The van der Waals surface area contributed by atoms with Gasteiger partial charge >= 0.3 is 0 Å². The topological polar surface area (TPSA) is 73.0 Å². The number of nitrogens with zero attached hydrogens (tertiary/aromatic N) is 1. The summed E-state index contributed by atoms with van der Waals surface area (Å²) in [6.45, 7) is 0. The van der Waals surface area contributed by atoms with Gasteiger partial charge in [0.05, 0.1) is 11.4 Å². The first-order valence-electron chi connectivity index (χ1n) is 5.27. The first-order valence-corrected chi connectivity index (χ1v) is 7.72. The molecule has 0 aliphatic heterocycles. The number of sulfone groups is 1. The van der Waals surface area contributed by atoms with Crippen LogP contribution in [0.3, 0.4) is 0 Å². The molecular formula is C12H10BrFN2O2S. The summed E-state index contributed by atoms with van der Waals surface area (Å²) in [4.78, 5) is 3.75. The molecule has 0 bridgehead atoms. The van der Waals surface area contributed by atoms with Crippen LogP contribution in [0.15, 0.2) is 46.0 Å². The van der Waals surface area contributed by atoms with Gasteiger partial charge < -0.3 is 5.73 Å². The molecule has 19 heavy (non-hydrogen) atoms. The van der Waals surface area contributed by atoms with E-state index in [-0.39, 0.29) is 16.3 Å². The molecule has 7 heteroatoms. The molecule has 1 aromatic carbocycles. The Kier molecular flexibility index (Phi) is 3.86. The lowest BCUT2D eigenvalue weighted by Crippen LogP contribution is -2.10. The van der Waals surface area contributed by atoms with Gasteiger partial charge in [0.2, 0.25) is 9.84 Å². The van der Waals surface area contributed by atoms with E-state index in [0.717, 1.165) is 0 Å². The maximum Gasteiger partial charge on any atom is 0.201 e. The number of rotatable bonds is 3. The fraction of sp³-hybridized carbons (Fsp3) is 0.0833. The average Bonchev–Trinajstić information content (AvgIpc) is 2.34. The molecule has 4 nitrogen and oxygen atoms in total. The van der Waals surface area contributed by atoms with Crippen molar-refractivity contribution in [1.82, 2.24) is 4.98 Å². The van der Waals surface area contributed by atoms with Crippen LogP contribution in [0.5, 0.6) is 0 Å². The number of nitrogens with two attached hydrogens (primary N) is 1. The predicted octanol–water partition coefficient (Wildman–Crippen LogP) is 2.54. The van der Waals surface area contributed by atoms with Crippen molar-refractivity contribution in [3.05, 3.63) is 52.4 Å². The highest BCUT2D eigenvalue weighted by Gasteiger charge is 2.21. The third-order valence-corrected chi connectivity index (χ3v) is 4.56. The average molecular weight is 345 g/mol. The van der Waals surface area contributed by atoms with Crippen molar-refractivity contribution < 1.29 is 12.8 Å². The van der Waals surface area contributed by atoms with Gasteiger partial charge in [0.25, 0.3) is 0 Å². The Balaban J connectivity index is 2.43. The minimum Gasteiger partial charge on any atom is -0.396 e. The Hall–Kier alpha value is -1.47. The van der Waals surface area contributed by atoms with Crippen LogP contribution in [0.4, 0.5) is 10.1 Å². The van der Waals surface area contributed by atoms with Crippen molar-refractivity contribution in [2.24, 2.45) is 0 Å². The van der Waals surface area contributed by atoms with E-state index < -0.39 is 21.4 Å². The number of benzene rings is 1. The number of pyridine rings is 1. The lowest BCUT2D eigenvalue weighted by atomic mass is 10.2. The van der Waals surface area contributed by atoms with E-state index in [1.165, 1.54) is 36.5 Å². The van der Waals surface area contributed by atoms with Crippen LogP contribution in [0.25, 0.3) is 0 Å². The van der Waals surface area contributed by atoms with E-state index in [1.54, 1.807) is 0 Å². The Morgan fingerprint density at radius 1 is 1.32 bits per heavy atom. The molecule has 2 rings (SSSR count). The van der Waals surface area contributed by atoms with Crippen LogP contribution in [0.1, 0.15) is 5.56 Å². The normalized spacial score (nSPS) is 11.5. The Bertz CT molecular complexity index is 719. The quantitative estimate of drug-likeness (QED) is 0.928. The van der Waals surface area contributed by atoms with Gasteiger partial charge in [-0.15, -0.1) is 0 Å². The Morgan fingerprint density at radius 3 is 2.74 bits per heavy atom. The molecule has 0 spiro atoms. The Labute approximate surface area is 118 Å². The Morgan fingerprint density at radius 2 is 2.05 bits per heavy atom. The number of hydrogen-bond donors (Lipinski definition) is 1. The molecule has 2 N–H and O–H groups in total. The number of aromatic nitrogens is 1. The summed E-state index contributed by atoms with van der Waals surface area (Å²) >= 11 is 3.17. The fourth-order valence-corrected chi connectivity index (χ4v) is 3.41. The van der Waals surface area contributed by atoms with E-state index in [4.69, 9.17) is 5.73 Å². The molecule has 0 radical (unpaired) electrons. The molecule has 0 saturated carbocycles. The van der Waals surface area contributed by atoms with Crippen LogP contribution < -0.4 is 5.73 Å². The summed E-state index contributed by atoms with van der Waals surface area (Å²) in [7, 11) is -3.78. The first-order chi connectivity index (χ1) is 8.90. The van der Waals surface area contributed by atoms with E-state index in [9.17, 15) is 12.8 Å². The van der Waals surface area contributed by atoms with Gasteiger partial charge in [-0.1, -0.05) is 15.9 Å². The molecular weight excluding hydrogens is 335 g/mol. The van der Waals surface area contributed by atoms with Crippen molar-refractivity contribution in [3.8, 4) is 0 Å². The van der Waals surface area contributed by atoms with Crippen LogP contribution in [-0.2, 0) is 15.6 Å². The second kappa shape index (κ2) is 5.26. The fourth-order valence-electron chi connectivity index (χ4n) is 1.59. The van der Waals surface area contributed by atoms with Gasteiger partial charge in [-0.05, 0) is 30.3 Å². The summed E-state index contributed by atoms with van der Waals surface area (Å²) in [5.74, 6) is -1.07. The monoisotopic (exact) mass is 344 g/mol. The van der Waals surface area contributed by atoms with Crippen LogP contribution in [0.2, 0.25) is 0 Å². The molecule has 0 amide bonds. The van der Waals surface area contributed by atoms with Gasteiger partial charge in [-0.2, -0.15) is 0 Å². The van der Waals surface area contributed by atoms with Crippen LogP contribution >= 0.6 is 15.9 Å². The predicted molar refractivity (Wildman–Crippen MR) is 73.6 cm³/mol. The van der Waals surface area contributed by atoms with Crippen molar-refractivity contribution in [3.63, 3.8) is 0 Å². The third-order valence-electron chi connectivity index (χ3n) is 2.45. The maximum absolute atomic E-state index is 13.6. The van der Waals surface area contributed by atoms with Gasteiger partial charge in [0.15, 0.2) is 5.03 Å². The van der Waals surface area contributed by atoms with Crippen molar-refractivity contribution in [1.29, 1.82) is 0 Å². The van der Waals surface area contributed by atoms with Gasteiger partial charge in [0, 0.05) is 16.2 Å². The molecule has 0 aliphatic carbocycles. The minimum absolute atomic E-state index is 0.0536. The third kappa shape index (κ3) is 3.10. The molecule has 100 valence electrons. The molecule has 0 aliphatic rings. The number of nitrogen functional groups attached to an aromatic ring is 1. The molecule has 1 aromatic heterocycles. The van der Waals surface area contributed by atoms with Gasteiger partial charge in [-0.3, -0.25) is 0 Å². The number of halogens is 2. The minimum atomic E-state index is -3.78. The van der Waals surface area contributed by atoms with E-state index in [0.29, 0.717) is 4.47 Å². The second-order valence-electron chi connectivity index (χ2n) is 3.89. The molecule has 0 atom stereocenters. The lowest BCUT2D eigenvalue weighted by Gasteiger charge is -2.07. The maximum atomic E-state index is 13.6. The lowest BCUT2D eigenvalue weighted by molar-refractivity contribution is 0.584. The zero-order valence-corrected chi connectivity index (χ0v) is 12.1. The molecule has 0 unspecified atom stereocenters. The SMILES string of the molecule is Nc1cccnc1S(=O)(=O)Cc1cc(Br)ccc1F.